The third-order valence-corrected chi connectivity index (χ3v) is 5.01. The Labute approximate surface area is 156 Å². The van der Waals surface area contributed by atoms with Crippen LogP contribution >= 0.6 is 0 Å². The maximum Gasteiger partial charge on any atom is 0.253 e. The van der Waals surface area contributed by atoms with Crippen molar-refractivity contribution in [3.63, 3.8) is 0 Å². The number of carbonyl (C=O) groups is 1. The summed E-state index contributed by atoms with van der Waals surface area (Å²) >= 11 is 0. The summed E-state index contributed by atoms with van der Waals surface area (Å²) in [6, 6.07) is 12.3. The van der Waals surface area contributed by atoms with E-state index in [0.717, 1.165) is 57.1 Å². The Kier molecular flexibility index (Phi) is 6.47. The third kappa shape index (κ3) is 4.96. The van der Waals surface area contributed by atoms with E-state index in [1.54, 1.807) is 0 Å². The lowest BCUT2D eigenvalue weighted by Gasteiger charge is -2.26. The van der Waals surface area contributed by atoms with Gasteiger partial charge in [-0.05, 0) is 31.9 Å². The van der Waals surface area contributed by atoms with Crippen molar-refractivity contribution in [2.24, 2.45) is 0 Å². The van der Waals surface area contributed by atoms with E-state index in [0.29, 0.717) is 0 Å². The van der Waals surface area contributed by atoms with Gasteiger partial charge in [-0.25, -0.2) is 0 Å². The van der Waals surface area contributed by atoms with Crippen molar-refractivity contribution in [1.29, 1.82) is 0 Å². The first-order chi connectivity index (χ1) is 12.6. The molecule has 1 saturated heterocycles. The summed E-state index contributed by atoms with van der Waals surface area (Å²) < 4.78 is 7.56. The number of morpholine rings is 1. The van der Waals surface area contributed by atoms with Crippen LogP contribution in [0.15, 0.2) is 42.6 Å². The molecule has 1 unspecified atom stereocenters. The van der Waals surface area contributed by atoms with E-state index in [1.807, 2.05) is 37.4 Å². The van der Waals surface area contributed by atoms with Crippen LogP contribution in [0, 0.1) is 6.92 Å². The molecular weight excluding hydrogens is 326 g/mol. The molecule has 140 valence electrons. The van der Waals surface area contributed by atoms with Crippen LogP contribution in [-0.2, 0) is 17.7 Å². The van der Waals surface area contributed by atoms with Crippen LogP contribution < -0.4 is 5.32 Å². The second-order valence-corrected chi connectivity index (χ2v) is 7.03. The summed E-state index contributed by atoms with van der Waals surface area (Å²) in [7, 11) is 0. The summed E-state index contributed by atoms with van der Waals surface area (Å²) in [4.78, 5) is 15.0. The van der Waals surface area contributed by atoms with E-state index in [2.05, 4.69) is 33.8 Å². The second-order valence-electron chi connectivity index (χ2n) is 7.03. The average Bonchev–Trinajstić information content (AvgIpc) is 3.02. The van der Waals surface area contributed by atoms with Crippen LogP contribution in [-0.4, -0.2) is 54.3 Å². The molecule has 1 aromatic carbocycles. The molecule has 0 radical (unpaired) electrons. The monoisotopic (exact) mass is 355 g/mol. The molecule has 3 rings (SSSR count). The first-order valence-electron chi connectivity index (χ1n) is 9.44. The van der Waals surface area contributed by atoms with Crippen molar-refractivity contribution in [3.8, 4) is 0 Å². The van der Waals surface area contributed by atoms with Gasteiger partial charge in [0.1, 0.15) is 0 Å². The maximum atomic E-state index is 12.6. The Morgan fingerprint density at radius 2 is 1.88 bits per heavy atom. The lowest BCUT2D eigenvalue weighted by molar-refractivity contribution is 0.0363. The van der Waals surface area contributed by atoms with Gasteiger partial charge in [0.2, 0.25) is 0 Å². The number of ether oxygens (including phenoxy) is 1. The molecule has 5 nitrogen and oxygen atoms in total. The average molecular weight is 355 g/mol. The Bertz CT molecular complexity index is 705. The minimum absolute atomic E-state index is 0.0102. The first-order valence-corrected chi connectivity index (χ1v) is 9.44. The molecule has 1 amide bonds. The number of hydrogen-bond acceptors (Lipinski definition) is 3. The molecule has 2 heterocycles. The van der Waals surface area contributed by atoms with Gasteiger partial charge >= 0.3 is 0 Å². The summed E-state index contributed by atoms with van der Waals surface area (Å²) in [5, 5.41) is 3.13. The van der Waals surface area contributed by atoms with Gasteiger partial charge in [-0.3, -0.25) is 9.69 Å². The molecule has 1 aliphatic heterocycles. The quantitative estimate of drug-likeness (QED) is 0.830. The number of amides is 1. The summed E-state index contributed by atoms with van der Waals surface area (Å²) in [6.45, 7) is 9.58. The Morgan fingerprint density at radius 1 is 1.15 bits per heavy atom. The molecule has 2 aromatic rings. The van der Waals surface area contributed by atoms with Gasteiger partial charge in [0.25, 0.3) is 5.91 Å². The van der Waals surface area contributed by atoms with E-state index in [1.165, 1.54) is 5.56 Å². The SMILES string of the molecule is Cc1c(C(=O)NC(C)Cc2ccccc2)ccn1CCN1CCOCC1. The predicted molar refractivity (Wildman–Crippen MR) is 104 cm³/mol. The van der Waals surface area contributed by atoms with Crippen molar-refractivity contribution in [2.45, 2.75) is 32.9 Å². The van der Waals surface area contributed by atoms with Gasteiger partial charge in [-0.15, -0.1) is 0 Å². The minimum Gasteiger partial charge on any atom is -0.379 e. The predicted octanol–water partition coefficient (Wildman–Crippen LogP) is 2.49. The zero-order valence-electron chi connectivity index (χ0n) is 15.8. The highest BCUT2D eigenvalue weighted by atomic mass is 16.5. The van der Waals surface area contributed by atoms with Crippen LogP contribution in [0.2, 0.25) is 0 Å². The standard InChI is InChI=1S/C21H29N3O2/c1-17(16-19-6-4-3-5-7-19)22-21(25)20-8-9-24(18(20)2)11-10-23-12-14-26-15-13-23/h3-9,17H,10-16H2,1-2H3,(H,22,25). The van der Waals surface area contributed by atoms with Gasteiger partial charge in [0, 0.05) is 44.1 Å². The second kappa shape index (κ2) is 9.01. The number of nitrogens with one attached hydrogen (secondary N) is 1. The molecule has 1 atom stereocenters. The van der Waals surface area contributed by atoms with Crippen LogP contribution in [0.1, 0.15) is 28.5 Å². The van der Waals surface area contributed by atoms with Gasteiger partial charge < -0.3 is 14.6 Å². The molecule has 1 fully saturated rings. The smallest absolute Gasteiger partial charge is 0.253 e. The van der Waals surface area contributed by atoms with Crippen LogP contribution in [0.4, 0.5) is 0 Å². The highest BCUT2D eigenvalue weighted by Gasteiger charge is 2.16. The van der Waals surface area contributed by atoms with E-state index in [4.69, 9.17) is 4.74 Å². The molecule has 0 spiro atoms. The summed E-state index contributed by atoms with van der Waals surface area (Å²) in [5.41, 5.74) is 3.04. The first kappa shape index (κ1) is 18.7. The fourth-order valence-corrected chi connectivity index (χ4v) is 3.43. The number of benzene rings is 1. The molecule has 1 aromatic heterocycles. The zero-order chi connectivity index (χ0) is 18.4. The van der Waals surface area contributed by atoms with Crippen molar-refractivity contribution in [3.05, 3.63) is 59.4 Å². The largest absolute Gasteiger partial charge is 0.379 e. The van der Waals surface area contributed by atoms with Crippen molar-refractivity contribution in [2.75, 3.05) is 32.8 Å². The molecule has 1 N–H and O–H groups in total. The number of carbonyl (C=O) groups excluding carboxylic acids is 1. The highest BCUT2D eigenvalue weighted by molar-refractivity contribution is 5.95. The zero-order valence-corrected chi connectivity index (χ0v) is 15.8. The number of rotatable bonds is 7. The van der Waals surface area contributed by atoms with E-state index in [9.17, 15) is 4.79 Å². The Morgan fingerprint density at radius 3 is 2.62 bits per heavy atom. The molecule has 0 saturated carbocycles. The van der Waals surface area contributed by atoms with Crippen molar-refractivity contribution in [1.82, 2.24) is 14.8 Å². The number of hydrogen-bond donors (Lipinski definition) is 1. The van der Waals surface area contributed by atoms with Gasteiger partial charge in [-0.2, -0.15) is 0 Å². The van der Waals surface area contributed by atoms with Gasteiger partial charge in [0.15, 0.2) is 0 Å². The Hall–Kier alpha value is -2.11. The van der Waals surface area contributed by atoms with Crippen LogP contribution in [0.25, 0.3) is 0 Å². The molecule has 0 aliphatic carbocycles. The summed E-state index contributed by atoms with van der Waals surface area (Å²) in [5.74, 6) is 0.0102. The van der Waals surface area contributed by atoms with Crippen molar-refractivity contribution >= 4 is 5.91 Å². The fraction of sp³-hybridized carbons (Fsp3) is 0.476. The van der Waals surface area contributed by atoms with E-state index < -0.39 is 0 Å². The molecule has 0 bridgehead atoms. The van der Waals surface area contributed by atoms with Crippen LogP contribution in [0.5, 0.6) is 0 Å². The maximum absolute atomic E-state index is 12.6. The minimum atomic E-state index is 0.0102. The Balaban J connectivity index is 1.53. The van der Waals surface area contributed by atoms with Crippen LogP contribution in [0.3, 0.4) is 0 Å². The fourth-order valence-electron chi connectivity index (χ4n) is 3.43. The highest BCUT2D eigenvalue weighted by Crippen LogP contribution is 2.12. The molecule has 5 heteroatoms. The number of aromatic nitrogens is 1. The lowest BCUT2D eigenvalue weighted by atomic mass is 10.1. The summed E-state index contributed by atoms with van der Waals surface area (Å²) in [6.07, 6.45) is 2.86. The molecular formula is C21H29N3O2. The molecule has 1 aliphatic rings. The van der Waals surface area contributed by atoms with E-state index >= 15 is 0 Å². The number of nitrogens with zero attached hydrogens (tertiary/aromatic N) is 2. The topological polar surface area (TPSA) is 46.5 Å². The van der Waals surface area contributed by atoms with Gasteiger partial charge in [-0.1, -0.05) is 30.3 Å². The third-order valence-electron chi connectivity index (χ3n) is 5.01. The molecule has 26 heavy (non-hydrogen) atoms. The van der Waals surface area contributed by atoms with Crippen molar-refractivity contribution < 1.29 is 9.53 Å². The van der Waals surface area contributed by atoms with Gasteiger partial charge in [0.05, 0.1) is 18.8 Å². The normalized spacial score (nSPS) is 16.4. The lowest BCUT2D eigenvalue weighted by Crippen LogP contribution is -2.38. The van der Waals surface area contributed by atoms with E-state index in [-0.39, 0.29) is 11.9 Å².